The van der Waals surface area contributed by atoms with Crippen LogP contribution in [-0.4, -0.2) is 14.7 Å². The standard InChI is InChI=1S/C11H11FN2O/c1-8(15)9-2-3-11(10(12)6-9)14-5-4-13-7-14/h2-8,15H,1H3/t8-/m0/s1. The van der Waals surface area contributed by atoms with E-state index in [9.17, 15) is 9.50 Å². The molecule has 0 saturated heterocycles. The van der Waals surface area contributed by atoms with Gasteiger partial charge in [-0.05, 0) is 24.6 Å². The summed E-state index contributed by atoms with van der Waals surface area (Å²) in [5.41, 5.74) is 0.994. The number of aromatic nitrogens is 2. The molecule has 4 heteroatoms. The number of aliphatic hydroxyl groups is 1. The second-order valence-electron chi connectivity index (χ2n) is 3.36. The minimum absolute atomic E-state index is 0.369. The SMILES string of the molecule is C[C@H](O)c1ccc(-n2ccnc2)c(F)c1. The maximum atomic E-state index is 13.6. The highest BCUT2D eigenvalue weighted by Crippen LogP contribution is 2.18. The third kappa shape index (κ3) is 1.89. The first-order valence-corrected chi connectivity index (χ1v) is 4.64. The summed E-state index contributed by atoms with van der Waals surface area (Å²) in [5.74, 6) is -0.369. The fourth-order valence-electron chi connectivity index (χ4n) is 1.39. The van der Waals surface area contributed by atoms with Crippen LogP contribution in [0.4, 0.5) is 4.39 Å². The Labute approximate surface area is 86.8 Å². The number of benzene rings is 1. The van der Waals surface area contributed by atoms with Crippen molar-refractivity contribution < 1.29 is 9.50 Å². The van der Waals surface area contributed by atoms with Crippen molar-refractivity contribution in [1.82, 2.24) is 9.55 Å². The Morgan fingerprint density at radius 1 is 1.47 bits per heavy atom. The van der Waals surface area contributed by atoms with Crippen LogP contribution >= 0.6 is 0 Å². The number of hydrogen-bond donors (Lipinski definition) is 1. The predicted molar refractivity (Wildman–Crippen MR) is 54.2 cm³/mol. The Morgan fingerprint density at radius 2 is 2.27 bits per heavy atom. The van der Waals surface area contributed by atoms with Gasteiger partial charge in [0.05, 0.1) is 18.1 Å². The van der Waals surface area contributed by atoms with Gasteiger partial charge in [0, 0.05) is 12.4 Å². The zero-order valence-electron chi connectivity index (χ0n) is 8.26. The van der Waals surface area contributed by atoms with Crippen LogP contribution in [0.2, 0.25) is 0 Å². The molecule has 0 saturated carbocycles. The second kappa shape index (κ2) is 3.82. The third-order valence-corrected chi connectivity index (χ3v) is 2.24. The predicted octanol–water partition coefficient (Wildman–Crippen LogP) is 2.06. The number of aliphatic hydroxyl groups excluding tert-OH is 1. The summed E-state index contributed by atoms with van der Waals surface area (Å²) in [4.78, 5) is 3.84. The molecule has 3 nitrogen and oxygen atoms in total. The lowest BCUT2D eigenvalue weighted by Gasteiger charge is -2.08. The summed E-state index contributed by atoms with van der Waals surface area (Å²) in [6.45, 7) is 1.60. The van der Waals surface area contributed by atoms with Gasteiger partial charge in [-0.15, -0.1) is 0 Å². The Hall–Kier alpha value is -1.68. The summed E-state index contributed by atoms with van der Waals surface area (Å²) < 4.78 is 15.2. The molecule has 0 aliphatic heterocycles. The van der Waals surface area contributed by atoms with Crippen molar-refractivity contribution in [3.05, 3.63) is 48.3 Å². The topological polar surface area (TPSA) is 38.0 Å². The molecule has 0 aliphatic carbocycles. The van der Waals surface area contributed by atoms with Crippen LogP contribution in [0.1, 0.15) is 18.6 Å². The molecule has 0 spiro atoms. The highest BCUT2D eigenvalue weighted by molar-refractivity contribution is 5.37. The average Bonchev–Trinajstić information content (AvgIpc) is 2.70. The molecular formula is C11H11FN2O. The normalized spacial score (nSPS) is 12.7. The number of imidazole rings is 1. The van der Waals surface area contributed by atoms with E-state index in [0.717, 1.165) is 0 Å². The van der Waals surface area contributed by atoms with Crippen LogP contribution in [0, 0.1) is 5.82 Å². The molecule has 0 unspecified atom stereocenters. The summed E-state index contributed by atoms with van der Waals surface area (Å²) in [6, 6.07) is 4.65. The molecule has 15 heavy (non-hydrogen) atoms. The lowest BCUT2D eigenvalue weighted by Crippen LogP contribution is -1.98. The van der Waals surface area contributed by atoms with Gasteiger partial charge >= 0.3 is 0 Å². The smallest absolute Gasteiger partial charge is 0.147 e. The van der Waals surface area contributed by atoms with Crippen molar-refractivity contribution >= 4 is 0 Å². The zero-order valence-corrected chi connectivity index (χ0v) is 8.26. The molecule has 0 fully saturated rings. The molecule has 1 heterocycles. The van der Waals surface area contributed by atoms with Gasteiger partial charge < -0.3 is 9.67 Å². The third-order valence-electron chi connectivity index (χ3n) is 2.24. The largest absolute Gasteiger partial charge is 0.389 e. The van der Waals surface area contributed by atoms with E-state index in [0.29, 0.717) is 11.3 Å². The van der Waals surface area contributed by atoms with E-state index >= 15 is 0 Å². The Kier molecular flexibility index (Phi) is 2.51. The highest BCUT2D eigenvalue weighted by Gasteiger charge is 2.07. The molecule has 1 aromatic heterocycles. The van der Waals surface area contributed by atoms with Crippen LogP contribution in [0.25, 0.3) is 5.69 Å². The molecule has 0 radical (unpaired) electrons. The van der Waals surface area contributed by atoms with Crippen molar-refractivity contribution in [2.24, 2.45) is 0 Å². The van der Waals surface area contributed by atoms with Gasteiger partial charge in [0.25, 0.3) is 0 Å². The van der Waals surface area contributed by atoms with E-state index in [2.05, 4.69) is 4.98 Å². The zero-order chi connectivity index (χ0) is 10.8. The summed E-state index contributed by atoms with van der Waals surface area (Å²) >= 11 is 0. The lowest BCUT2D eigenvalue weighted by atomic mass is 10.1. The maximum absolute atomic E-state index is 13.6. The molecule has 1 N–H and O–H groups in total. The number of hydrogen-bond acceptors (Lipinski definition) is 2. The molecule has 0 bridgehead atoms. The van der Waals surface area contributed by atoms with E-state index < -0.39 is 6.10 Å². The Bertz CT molecular complexity index is 452. The molecule has 78 valence electrons. The van der Waals surface area contributed by atoms with E-state index in [-0.39, 0.29) is 5.82 Å². The van der Waals surface area contributed by atoms with Gasteiger partial charge in [0.15, 0.2) is 0 Å². The minimum Gasteiger partial charge on any atom is -0.389 e. The van der Waals surface area contributed by atoms with Crippen LogP contribution in [-0.2, 0) is 0 Å². The van der Waals surface area contributed by atoms with Crippen molar-refractivity contribution in [2.45, 2.75) is 13.0 Å². The fourth-order valence-corrected chi connectivity index (χ4v) is 1.39. The lowest BCUT2D eigenvalue weighted by molar-refractivity contribution is 0.199. The quantitative estimate of drug-likeness (QED) is 0.816. The molecule has 0 amide bonds. The molecular weight excluding hydrogens is 195 g/mol. The summed E-state index contributed by atoms with van der Waals surface area (Å²) in [5, 5.41) is 9.28. The van der Waals surface area contributed by atoms with Crippen molar-refractivity contribution in [1.29, 1.82) is 0 Å². The van der Waals surface area contributed by atoms with Crippen molar-refractivity contribution in [3.63, 3.8) is 0 Å². The van der Waals surface area contributed by atoms with Gasteiger partial charge in [0.1, 0.15) is 5.82 Å². The van der Waals surface area contributed by atoms with Crippen molar-refractivity contribution in [2.75, 3.05) is 0 Å². The maximum Gasteiger partial charge on any atom is 0.147 e. The molecule has 2 rings (SSSR count). The molecule has 1 aromatic carbocycles. The van der Waals surface area contributed by atoms with Crippen LogP contribution < -0.4 is 0 Å². The Balaban J connectivity index is 2.44. The van der Waals surface area contributed by atoms with Gasteiger partial charge in [-0.2, -0.15) is 0 Å². The van der Waals surface area contributed by atoms with Gasteiger partial charge in [-0.1, -0.05) is 6.07 Å². The number of rotatable bonds is 2. The number of halogens is 1. The van der Waals surface area contributed by atoms with Gasteiger partial charge in [0.2, 0.25) is 0 Å². The Morgan fingerprint density at radius 3 is 2.80 bits per heavy atom. The van der Waals surface area contributed by atoms with Crippen LogP contribution in [0.15, 0.2) is 36.9 Å². The van der Waals surface area contributed by atoms with E-state index in [4.69, 9.17) is 0 Å². The minimum atomic E-state index is -0.656. The van der Waals surface area contributed by atoms with E-state index in [1.165, 1.54) is 12.4 Å². The first-order chi connectivity index (χ1) is 7.18. The molecule has 2 aromatic rings. The van der Waals surface area contributed by atoms with Crippen LogP contribution in [0.5, 0.6) is 0 Å². The highest BCUT2D eigenvalue weighted by atomic mass is 19.1. The van der Waals surface area contributed by atoms with E-state index in [1.807, 2.05) is 0 Å². The summed E-state index contributed by atoms with van der Waals surface area (Å²) in [7, 11) is 0. The first-order valence-electron chi connectivity index (χ1n) is 4.64. The van der Waals surface area contributed by atoms with Gasteiger partial charge in [-0.25, -0.2) is 9.37 Å². The molecule has 0 aliphatic rings. The average molecular weight is 206 g/mol. The summed E-state index contributed by atoms with van der Waals surface area (Å²) in [6.07, 6.45) is 4.12. The molecule has 1 atom stereocenters. The number of nitrogens with zero attached hydrogens (tertiary/aromatic N) is 2. The fraction of sp³-hybridized carbons (Fsp3) is 0.182. The second-order valence-corrected chi connectivity index (χ2v) is 3.36. The monoisotopic (exact) mass is 206 g/mol. The van der Waals surface area contributed by atoms with Crippen molar-refractivity contribution in [3.8, 4) is 5.69 Å². The van der Waals surface area contributed by atoms with Crippen LogP contribution in [0.3, 0.4) is 0 Å². The van der Waals surface area contributed by atoms with Gasteiger partial charge in [-0.3, -0.25) is 0 Å². The van der Waals surface area contributed by atoms with E-state index in [1.54, 1.807) is 36.0 Å². The first kappa shape index (κ1) is 9.86.